The number of aromatic nitrogens is 3. The minimum atomic E-state index is -0.195. The zero-order chi connectivity index (χ0) is 20.9. The van der Waals surface area contributed by atoms with Crippen LogP contribution in [0, 0.1) is 6.92 Å². The number of carbonyl (C=O) groups excluding carboxylic acids is 1. The van der Waals surface area contributed by atoms with Crippen LogP contribution in [0.2, 0.25) is 0 Å². The van der Waals surface area contributed by atoms with Crippen LogP contribution >= 0.6 is 11.3 Å². The summed E-state index contributed by atoms with van der Waals surface area (Å²) < 4.78 is 11.5. The Morgan fingerprint density at radius 3 is 2.83 bits per heavy atom. The number of nitrogens with one attached hydrogen (secondary N) is 1. The third-order valence-electron chi connectivity index (χ3n) is 4.77. The number of aryl methyl sites for hydroxylation is 2. The molecule has 4 rings (SSSR count). The highest BCUT2D eigenvalue weighted by atomic mass is 32.1. The fraction of sp³-hybridized carbons (Fsp3) is 0.364. The van der Waals surface area contributed by atoms with Crippen LogP contribution in [0.5, 0.6) is 5.75 Å². The molecule has 0 saturated carbocycles. The second-order valence-corrected chi connectivity index (χ2v) is 8.28. The molecule has 1 aromatic carbocycles. The smallest absolute Gasteiger partial charge is 0.251 e. The van der Waals surface area contributed by atoms with Crippen LogP contribution in [0.15, 0.2) is 36.8 Å². The van der Waals surface area contributed by atoms with E-state index in [1.54, 1.807) is 29.8 Å². The number of rotatable bonds is 7. The maximum Gasteiger partial charge on any atom is 0.251 e. The molecule has 30 heavy (non-hydrogen) atoms. The van der Waals surface area contributed by atoms with E-state index in [0.717, 1.165) is 29.1 Å². The van der Waals surface area contributed by atoms with Gasteiger partial charge >= 0.3 is 0 Å². The van der Waals surface area contributed by atoms with Crippen LogP contribution in [0.1, 0.15) is 40.0 Å². The number of carbonyl (C=O) groups is 1. The van der Waals surface area contributed by atoms with Crippen LogP contribution in [-0.4, -0.2) is 40.2 Å². The van der Waals surface area contributed by atoms with Gasteiger partial charge in [-0.3, -0.25) is 14.8 Å². The van der Waals surface area contributed by atoms with E-state index in [1.807, 2.05) is 25.3 Å². The molecule has 1 aliphatic heterocycles. The number of thiazole rings is 1. The van der Waals surface area contributed by atoms with Gasteiger partial charge in [-0.1, -0.05) is 6.92 Å². The molecule has 1 N–H and O–H groups in total. The minimum Gasteiger partial charge on any atom is -0.488 e. The Bertz CT molecular complexity index is 1010. The van der Waals surface area contributed by atoms with Crippen molar-refractivity contribution in [2.75, 3.05) is 13.2 Å². The monoisotopic (exact) mass is 424 g/mol. The van der Waals surface area contributed by atoms with Crippen LogP contribution in [-0.2, 0) is 17.7 Å². The predicted molar refractivity (Wildman–Crippen MR) is 115 cm³/mol. The summed E-state index contributed by atoms with van der Waals surface area (Å²) in [5.74, 6) is 0.454. The third kappa shape index (κ3) is 5.01. The van der Waals surface area contributed by atoms with Crippen molar-refractivity contribution in [3.63, 3.8) is 0 Å². The molecule has 0 aliphatic carbocycles. The Hall–Kier alpha value is -2.84. The van der Waals surface area contributed by atoms with Gasteiger partial charge in [0.05, 0.1) is 37.3 Å². The molecule has 1 amide bonds. The Kier molecular flexibility index (Phi) is 6.35. The summed E-state index contributed by atoms with van der Waals surface area (Å²) in [6.07, 6.45) is 7.01. The third-order valence-corrected chi connectivity index (χ3v) is 5.96. The van der Waals surface area contributed by atoms with Gasteiger partial charge in [0.25, 0.3) is 5.91 Å². The van der Waals surface area contributed by atoms with Gasteiger partial charge in [0.1, 0.15) is 16.9 Å². The Morgan fingerprint density at radius 2 is 2.13 bits per heavy atom. The number of benzene rings is 1. The summed E-state index contributed by atoms with van der Waals surface area (Å²) in [5, 5.41) is 3.79. The van der Waals surface area contributed by atoms with Crippen molar-refractivity contribution in [3.05, 3.63) is 58.6 Å². The lowest BCUT2D eigenvalue weighted by Gasteiger charge is -2.14. The van der Waals surface area contributed by atoms with Gasteiger partial charge in [0, 0.05) is 34.8 Å². The quantitative estimate of drug-likeness (QED) is 0.624. The number of nitrogens with zero attached hydrogens (tertiary/aromatic N) is 3. The Balaban J connectivity index is 1.57. The van der Waals surface area contributed by atoms with E-state index in [0.29, 0.717) is 36.8 Å². The van der Waals surface area contributed by atoms with Crippen LogP contribution in [0.25, 0.3) is 10.6 Å². The van der Waals surface area contributed by atoms with E-state index >= 15 is 0 Å². The molecule has 0 unspecified atom stereocenters. The van der Waals surface area contributed by atoms with Crippen molar-refractivity contribution in [2.45, 2.75) is 39.3 Å². The average molecular weight is 425 g/mol. The highest BCUT2D eigenvalue weighted by Crippen LogP contribution is 2.31. The van der Waals surface area contributed by atoms with Crippen molar-refractivity contribution in [1.82, 2.24) is 20.3 Å². The topological polar surface area (TPSA) is 86.2 Å². The molecule has 1 fully saturated rings. The molecule has 3 heterocycles. The molecule has 1 saturated heterocycles. The summed E-state index contributed by atoms with van der Waals surface area (Å²) in [6, 6.07) is 5.57. The zero-order valence-corrected chi connectivity index (χ0v) is 17.9. The molecule has 156 valence electrons. The lowest BCUT2D eigenvalue weighted by Crippen LogP contribution is -2.24. The molecule has 0 bridgehead atoms. The van der Waals surface area contributed by atoms with Gasteiger partial charge in [-0.15, -0.1) is 11.3 Å². The summed E-state index contributed by atoms with van der Waals surface area (Å²) in [7, 11) is 0. The number of hydrogen-bond donors (Lipinski definition) is 1. The summed E-state index contributed by atoms with van der Waals surface area (Å²) >= 11 is 1.63. The molecule has 1 atom stereocenters. The SMILES string of the molecule is CCc1cnc(-c2cc(O[C@@H]3CCOC3)cc(C(=O)NCc3cnc(C)cn3)c2)s1. The van der Waals surface area contributed by atoms with Gasteiger partial charge in [0.2, 0.25) is 0 Å². The molecule has 1 aliphatic rings. The van der Waals surface area contributed by atoms with Crippen molar-refractivity contribution in [2.24, 2.45) is 0 Å². The van der Waals surface area contributed by atoms with Crippen molar-refractivity contribution >= 4 is 17.2 Å². The zero-order valence-electron chi connectivity index (χ0n) is 17.1. The van der Waals surface area contributed by atoms with Crippen molar-refractivity contribution in [3.8, 4) is 16.3 Å². The Morgan fingerprint density at radius 1 is 1.23 bits per heavy atom. The molecule has 0 spiro atoms. The summed E-state index contributed by atoms with van der Waals surface area (Å²) in [5.41, 5.74) is 2.94. The number of ether oxygens (including phenoxy) is 2. The molecule has 0 radical (unpaired) electrons. The van der Waals surface area contributed by atoms with Crippen molar-refractivity contribution < 1.29 is 14.3 Å². The van der Waals surface area contributed by atoms with Gasteiger partial charge in [-0.2, -0.15) is 0 Å². The largest absolute Gasteiger partial charge is 0.488 e. The number of hydrogen-bond acceptors (Lipinski definition) is 7. The van der Waals surface area contributed by atoms with Gasteiger partial charge in [-0.25, -0.2) is 4.98 Å². The average Bonchev–Trinajstić information content (AvgIpc) is 3.45. The molecule has 3 aromatic rings. The highest BCUT2D eigenvalue weighted by Gasteiger charge is 2.19. The molecule has 2 aromatic heterocycles. The maximum atomic E-state index is 12.9. The lowest BCUT2D eigenvalue weighted by atomic mass is 10.1. The van der Waals surface area contributed by atoms with Gasteiger partial charge in [0.15, 0.2) is 0 Å². The first-order valence-electron chi connectivity index (χ1n) is 10.0. The first-order chi connectivity index (χ1) is 14.6. The first-order valence-corrected chi connectivity index (χ1v) is 10.8. The normalized spacial score (nSPS) is 15.9. The molecular formula is C22H24N4O3S. The Labute approximate surface area is 179 Å². The van der Waals surface area contributed by atoms with E-state index in [-0.39, 0.29) is 12.0 Å². The van der Waals surface area contributed by atoms with Crippen LogP contribution in [0.4, 0.5) is 0 Å². The van der Waals surface area contributed by atoms with E-state index in [4.69, 9.17) is 9.47 Å². The molecule has 8 heteroatoms. The molecular weight excluding hydrogens is 400 g/mol. The second kappa shape index (κ2) is 9.32. The van der Waals surface area contributed by atoms with Gasteiger partial charge < -0.3 is 14.8 Å². The highest BCUT2D eigenvalue weighted by molar-refractivity contribution is 7.15. The fourth-order valence-electron chi connectivity index (χ4n) is 3.11. The summed E-state index contributed by atoms with van der Waals surface area (Å²) in [6.45, 7) is 5.54. The van der Waals surface area contributed by atoms with Crippen LogP contribution < -0.4 is 10.1 Å². The van der Waals surface area contributed by atoms with Crippen molar-refractivity contribution in [1.29, 1.82) is 0 Å². The van der Waals surface area contributed by atoms with E-state index < -0.39 is 0 Å². The van der Waals surface area contributed by atoms with Crippen LogP contribution in [0.3, 0.4) is 0 Å². The minimum absolute atomic E-state index is 0.00138. The molecule has 7 nitrogen and oxygen atoms in total. The summed E-state index contributed by atoms with van der Waals surface area (Å²) in [4.78, 5) is 27.1. The number of amides is 1. The maximum absolute atomic E-state index is 12.9. The van der Waals surface area contributed by atoms with E-state index in [1.165, 1.54) is 4.88 Å². The van der Waals surface area contributed by atoms with Gasteiger partial charge in [-0.05, 0) is 31.5 Å². The standard InChI is InChI=1S/C22H24N4O3S/c1-3-20-12-26-22(30-20)16-6-15(7-19(8-16)29-18-4-5-28-13-18)21(27)25-11-17-10-23-14(2)9-24-17/h6-10,12,18H,3-5,11,13H2,1-2H3,(H,25,27)/t18-/m1/s1. The predicted octanol–water partition coefficient (Wildman–Crippen LogP) is 3.57. The van der Waals surface area contributed by atoms with E-state index in [2.05, 4.69) is 27.2 Å². The van der Waals surface area contributed by atoms with E-state index in [9.17, 15) is 4.79 Å². The second-order valence-electron chi connectivity index (χ2n) is 7.17. The fourth-order valence-corrected chi connectivity index (χ4v) is 3.95. The first kappa shape index (κ1) is 20.4. The lowest BCUT2D eigenvalue weighted by molar-refractivity contribution is 0.0949.